The third kappa shape index (κ3) is 3.15. The maximum Gasteiger partial charge on any atom is 0.193 e. The largest absolute Gasteiger partial charge is 0.377 e. The molecule has 4 N–H and O–H groups in total. The van der Waals surface area contributed by atoms with Gasteiger partial charge in [-0.05, 0) is 28.4 Å². The van der Waals surface area contributed by atoms with Crippen molar-refractivity contribution in [1.82, 2.24) is 15.0 Å². The van der Waals surface area contributed by atoms with Gasteiger partial charge in [-0.3, -0.25) is 4.79 Å². The predicted octanol–water partition coefficient (Wildman–Crippen LogP) is 3.10. The van der Waals surface area contributed by atoms with E-state index in [0.717, 1.165) is 33.8 Å². The van der Waals surface area contributed by atoms with Gasteiger partial charge in [-0.1, -0.05) is 6.92 Å². The van der Waals surface area contributed by atoms with E-state index in [1.165, 1.54) is 0 Å². The number of nitrogens with zero attached hydrogens (tertiary/aromatic N) is 2. The zero-order valence-electron chi connectivity index (χ0n) is 12.5. The van der Waals surface area contributed by atoms with Crippen LogP contribution in [0.3, 0.4) is 0 Å². The van der Waals surface area contributed by atoms with Crippen LogP contribution in [0.4, 0.5) is 5.69 Å². The molecule has 3 rings (SSSR count). The summed E-state index contributed by atoms with van der Waals surface area (Å²) in [5, 5.41) is 6.32. The van der Waals surface area contributed by atoms with Crippen molar-refractivity contribution in [3.8, 4) is 0 Å². The van der Waals surface area contributed by atoms with Crippen molar-refractivity contribution in [3.05, 3.63) is 38.5 Å². The maximum absolute atomic E-state index is 12.0. The van der Waals surface area contributed by atoms with Crippen LogP contribution < -0.4 is 11.1 Å². The molecule has 6 nitrogen and oxygen atoms in total. The third-order valence-corrected chi connectivity index (χ3v) is 5.04. The lowest BCUT2D eigenvalue weighted by Gasteiger charge is -2.08. The van der Waals surface area contributed by atoms with Crippen molar-refractivity contribution in [3.63, 3.8) is 0 Å². The van der Waals surface area contributed by atoms with Gasteiger partial charge in [-0.25, -0.2) is 9.97 Å². The highest BCUT2D eigenvalue weighted by atomic mass is 79.9. The Hall–Kier alpha value is -1.77. The molecule has 23 heavy (non-hydrogen) atoms. The van der Waals surface area contributed by atoms with E-state index in [4.69, 9.17) is 5.73 Å². The van der Waals surface area contributed by atoms with Gasteiger partial charge in [0.15, 0.2) is 5.78 Å². The van der Waals surface area contributed by atoms with E-state index in [0.29, 0.717) is 16.7 Å². The Labute approximate surface area is 145 Å². The topological polar surface area (TPSA) is 96.7 Å². The van der Waals surface area contributed by atoms with Crippen molar-refractivity contribution in [1.29, 1.82) is 0 Å². The van der Waals surface area contributed by atoms with Crippen LogP contribution in [0.25, 0.3) is 11.0 Å². The summed E-state index contributed by atoms with van der Waals surface area (Å²) in [6.45, 7) is 2.62. The summed E-state index contributed by atoms with van der Waals surface area (Å²) in [4.78, 5) is 24.0. The third-order valence-electron chi connectivity index (χ3n) is 3.49. The monoisotopic (exact) mass is 393 g/mol. The Kier molecular flexibility index (Phi) is 4.74. The zero-order chi connectivity index (χ0) is 16.4. The van der Waals surface area contributed by atoms with E-state index in [2.05, 4.69) is 36.2 Å². The number of carbonyl (C=O) groups excluding carboxylic acids is 1. The average molecular weight is 394 g/mol. The lowest BCUT2D eigenvalue weighted by Crippen LogP contribution is -2.14. The van der Waals surface area contributed by atoms with Gasteiger partial charge >= 0.3 is 0 Å². The van der Waals surface area contributed by atoms with E-state index >= 15 is 0 Å². The normalized spacial score (nSPS) is 11.1. The molecule has 3 heterocycles. The molecular weight excluding hydrogens is 378 g/mol. The second kappa shape index (κ2) is 6.77. The second-order valence-electron chi connectivity index (χ2n) is 4.96. The number of nitrogens with two attached hydrogens (primary N) is 1. The minimum absolute atomic E-state index is 0.0477. The highest BCUT2D eigenvalue weighted by molar-refractivity contribution is 9.10. The van der Waals surface area contributed by atoms with Crippen LogP contribution in [0, 0.1) is 0 Å². The van der Waals surface area contributed by atoms with E-state index in [-0.39, 0.29) is 12.3 Å². The van der Waals surface area contributed by atoms with Crippen LogP contribution in [0.1, 0.15) is 28.1 Å². The van der Waals surface area contributed by atoms with E-state index in [1.54, 1.807) is 17.5 Å². The number of hydrogen-bond acceptors (Lipinski definition) is 6. The predicted molar refractivity (Wildman–Crippen MR) is 96.0 cm³/mol. The molecule has 0 aliphatic heterocycles. The summed E-state index contributed by atoms with van der Waals surface area (Å²) < 4.78 is 0.663. The summed E-state index contributed by atoms with van der Waals surface area (Å²) in [7, 11) is 0. The van der Waals surface area contributed by atoms with Gasteiger partial charge in [0.05, 0.1) is 28.8 Å². The number of aryl methyl sites for hydroxylation is 1. The first-order valence-electron chi connectivity index (χ1n) is 7.20. The minimum Gasteiger partial charge on any atom is -0.377 e. The molecule has 0 unspecified atom stereocenters. The number of halogens is 1. The maximum atomic E-state index is 12.0. The van der Waals surface area contributed by atoms with Crippen molar-refractivity contribution in [2.45, 2.75) is 19.9 Å². The molecule has 8 heteroatoms. The molecule has 0 bridgehead atoms. The zero-order valence-corrected chi connectivity index (χ0v) is 14.9. The minimum atomic E-state index is -0.154. The van der Waals surface area contributed by atoms with Gasteiger partial charge in [-0.15, -0.1) is 11.3 Å². The number of fused-ring (bicyclic) bond motifs is 1. The smallest absolute Gasteiger partial charge is 0.193 e. The molecule has 0 amide bonds. The number of pyridine rings is 1. The Balaban J connectivity index is 2.05. The lowest BCUT2D eigenvalue weighted by molar-refractivity contribution is 0.0997. The number of ketones is 1. The van der Waals surface area contributed by atoms with E-state index in [1.807, 2.05) is 18.4 Å². The van der Waals surface area contributed by atoms with Gasteiger partial charge < -0.3 is 16.0 Å². The highest BCUT2D eigenvalue weighted by Gasteiger charge is 2.19. The van der Waals surface area contributed by atoms with Crippen LogP contribution in [0.2, 0.25) is 0 Å². The molecule has 0 atom stereocenters. The van der Waals surface area contributed by atoms with Crippen molar-refractivity contribution in [2.24, 2.45) is 5.73 Å². The number of aromatic amines is 1. The highest BCUT2D eigenvalue weighted by Crippen LogP contribution is 2.32. The number of thiazole rings is 1. The standard InChI is InChI=1S/C15H16BrN5OS/c1-2-8-5-9(19-7-11-18-3-4-23-11)13-15(20-8)12(16)14(21-13)10(22)6-17/h3-5,21H,2,6-7,17H2,1H3,(H,19,20). The van der Waals surface area contributed by atoms with Gasteiger partial charge in [0, 0.05) is 17.3 Å². The molecule has 0 radical (unpaired) electrons. The Morgan fingerprint density at radius 1 is 1.52 bits per heavy atom. The average Bonchev–Trinajstić information content (AvgIpc) is 3.20. The van der Waals surface area contributed by atoms with Gasteiger partial charge in [0.25, 0.3) is 0 Å². The Bertz CT molecular complexity index is 843. The first kappa shape index (κ1) is 16.1. The Morgan fingerprint density at radius 2 is 2.35 bits per heavy atom. The fraction of sp³-hybridized carbons (Fsp3) is 0.267. The fourth-order valence-corrected chi connectivity index (χ4v) is 3.47. The molecule has 0 aromatic carbocycles. The van der Waals surface area contributed by atoms with E-state index < -0.39 is 0 Å². The quantitative estimate of drug-likeness (QED) is 0.559. The Morgan fingerprint density at radius 3 is 3.00 bits per heavy atom. The van der Waals surface area contributed by atoms with Gasteiger partial charge in [-0.2, -0.15) is 0 Å². The van der Waals surface area contributed by atoms with Gasteiger partial charge in [0.1, 0.15) is 16.2 Å². The van der Waals surface area contributed by atoms with E-state index in [9.17, 15) is 4.79 Å². The van der Waals surface area contributed by atoms with Crippen molar-refractivity contribution in [2.75, 3.05) is 11.9 Å². The van der Waals surface area contributed by atoms with Crippen LogP contribution in [0.15, 0.2) is 22.1 Å². The van der Waals surface area contributed by atoms with Crippen LogP contribution >= 0.6 is 27.3 Å². The number of hydrogen-bond donors (Lipinski definition) is 3. The number of rotatable bonds is 6. The summed E-state index contributed by atoms with van der Waals surface area (Å²) in [5.41, 5.74) is 9.32. The summed E-state index contributed by atoms with van der Waals surface area (Å²) >= 11 is 5.07. The molecule has 0 aliphatic carbocycles. The molecule has 3 aromatic rings. The molecule has 0 saturated heterocycles. The van der Waals surface area contributed by atoms with Crippen molar-refractivity contribution >= 4 is 49.8 Å². The fourth-order valence-electron chi connectivity index (χ4n) is 2.31. The molecule has 0 aliphatic rings. The second-order valence-corrected chi connectivity index (χ2v) is 6.73. The molecule has 0 fully saturated rings. The number of nitrogens with one attached hydrogen (secondary N) is 2. The van der Waals surface area contributed by atoms with Crippen LogP contribution in [0.5, 0.6) is 0 Å². The van der Waals surface area contributed by atoms with Crippen LogP contribution in [-0.2, 0) is 13.0 Å². The SMILES string of the molecule is CCc1cc(NCc2nccs2)c2[nH]c(C(=O)CN)c(Br)c2n1. The first-order valence-corrected chi connectivity index (χ1v) is 8.87. The summed E-state index contributed by atoms with van der Waals surface area (Å²) in [6, 6.07) is 2.00. The van der Waals surface area contributed by atoms with Crippen molar-refractivity contribution < 1.29 is 4.79 Å². The molecule has 120 valence electrons. The van der Waals surface area contributed by atoms with Gasteiger partial charge in [0.2, 0.25) is 0 Å². The summed E-state index contributed by atoms with van der Waals surface area (Å²) in [6.07, 6.45) is 2.59. The molecule has 0 spiro atoms. The molecule has 3 aromatic heterocycles. The lowest BCUT2D eigenvalue weighted by atomic mass is 10.2. The summed E-state index contributed by atoms with van der Waals surface area (Å²) in [5.74, 6) is -0.154. The molecule has 0 saturated carbocycles. The number of aromatic nitrogens is 3. The number of H-pyrrole nitrogens is 1. The van der Waals surface area contributed by atoms with Crippen LogP contribution in [-0.4, -0.2) is 27.3 Å². The molecular formula is C15H16BrN5OS. The number of Topliss-reactive ketones (excluding diaryl/α,β-unsaturated/α-hetero) is 1. The first-order chi connectivity index (χ1) is 11.1. The number of anilines is 1. The number of carbonyl (C=O) groups is 1.